The van der Waals surface area contributed by atoms with Gasteiger partial charge in [0.15, 0.2) is 5.78 Å². The third kappa shape index (κ3) is 4.37. The second kappa shape index (κ2) is 8.08. The Labute approximate surface area is 157 Å². The van der Waals surface area contributed by atoms with Crippen molar-refractivity contribution in [1.82, 2.24) is 9.97 Å². The number of aromatic nitrogens is 2. The van der Waals surface area contributed by atoms with Gasteiger partial charge in [-0.05, 0) is 32.3 Å². The Morgan fingerprint density at radius 2 is 1.81 bits per heavy atom. The molecule has 0 unspecified atom stereocenters. The van der Waals surface area contributed by atoms with Crippen LogP contribution in [0.3, 0.4) is 0 Å². The summed E-state index contributed by atoms with van der Waals surface area (Å²) in [6, 6.07) is 12.4. The largest absolute Gasteiger partial charge is 0.513 e. The number of benzene rings is 2. The Morgan fingerprint density at radius 1 is 1.11 bits per heavy atom. The van der Waals surface area contributed by atoms with Crippen molar-refractivity contribution in [2.45, 2.75) is 32.6 Å². The molecular weight excluding hydrogens is 343 g/mol. The monoisotopic (exact) mass is 364 g/mol. The average molecular weight is 364 g/mol. The lowest BCUT2D eigenvalue weighted by atomic mass is 10.0. The molecule has 138 valence electrons. The summed E-state index contributed by atoms with van der Waals surface area (Å²) in [5.74, 6) is -0.756. The molecule has 1 N–H and O–H groups in total. The van der Waals surface area contributed by atoms with Gasteiger partial charge in [0.05, 0.1) is 33.7 Å². The Morgan fingerprint density at radius 3 is 2.48 bits per heavy atom. The van der Waals surface area contributed by atoms with Gasteiger partial charge in [-0.3, -0.25) is 4.79 Å². The quantitative estimate of drug-likeness (QED) is 0.345. The van der Waals surface area contributed by atoms with Gasteiger partial charge in [0.2, 0.25) is 0 Å². The van der Waals surface area contributed by atoms with Crippen LogP contribution in [0.2, 0.25) is 0 Å². The molecule has 3 aromatic rings. The van der Waals surface area contributed by atoms with E-state index in [0.29, 0.717) is 29.6 Å². The molecule has 0 bridgehead atoms. The molecule has 0 saturated carbocycles. The number of hydrogen-bond acceptors (Lipinski definition) is 4. The van der Waals surface area contributed by atoms with Crippen LogP contribution < -0.4 is 0 Å². The lowest BCUT2D eigenvalue weighted by Crippen LogP contribution is -2.03. The van der Waals surface area contributed by atoms with Crippen LogP contribution in [-0.4, -0.2) is 20.9 Å². The van der Waals surface area contributed by atoms with Crippen LogP contribution >= 0.6 is 0 Å². The Hall–Kier alpha value is -3.08. The van der Waals surface area contributed by atoms with Crippen molar-refractivity contribution in [2.75, 3.05) is 0 Å². The standard InChI is InChI=1S/C22H21FN2O2/c1-14(26)8-6-7-11-19-22(16-9-4-3-5-10-16)25-21-13-18(23)17(15(2)27)12-20(21)24-19/h3-5,9-10,12-13,26H,1,6-8,11H2,2H3. The number of rotatable bonds is 7. The Bertz CT molecular complexity index is 1000. The fourth-order valence-corrected chi connectivity index (χ4v) is 3.01. The van der Waals surface area contributed by atoms with Crippen LogP contribution in [0.5, 0.6) is 0 Å². The van der Waals surface area contributed by atoms with Crippen molar-refractivity contribution >= 4 is 16.8 Å². The fourth-order valence-electron chi connectivity index (χ4n) is 3.01. The summed E-state index contributed by atoms with van der Waals surface area (Å²) in [5, 5.41) is 9.24. The fraction of sp³-hybridized carbons (Fsp3) is 0.227. The van der Waals surface area contributed by atoms with Crippen molar-refractivity contribution in [3.8, 4) is 11.3 Å². The molecule has 4 nitrogen and oxygen atoms in total. The molecule has 2 aromatic carbocycles. The number of carbonyl (C=O) groups excluding carboxylic acids is 1. The van der Waals surface area contributed by atoms with E-state index in [0.717, 1.165) is 24.1 Å². The second-order valence-corrected chi connectivity index (χ2v) is 6.54. The van der Waals surface area contributed by atoms with E-state index < -0.39 is 5.82 Å². The molecule has 0 fully saturated rings. The predicted molar refractivity (Wildman–Crippen MR) is 104 cm³/mol. The molecule has 5 heteroatoms. The van der Waals surface area contributed by atoms with Crippen molar-refractivity contribution in [1.29, 1.82) is 0 Å². The number of unbranched alkanes of at least 4 members (excludes halogenated alkanes) is 1. The normalized spacial score (nSPS) is 10.9. The topological polar surface area (TPSA) is 63.1 Å². The first-order chi connectivity index (χ1) is 13.0. The van der Waals surface area contributed by atoms with Crippen LogP contribution in [0.1, 0.15) is 42.2 Å². The number of Topliss-reactive ketones (excluding diaryl/α,β-unsaturated/α-hetero) is 1. The maximum atomic E-state index is 14.2. The lowest BCUT2D eigenvalue weighted by Gasteiger charge is -2.11. The van der Waals surface area contributed by atoms with Crippen LogP contribution in [0.15, 0.2) is 54.8 Å². The number of allylic oxidation sites excluding steroid dienone is 1. The minimum Gasteiger partial charge on any atom is -0.513 e. The Kier molecular flexibility index (Phi) is 5.60. The van der Waals surface area contributed by atoms with Gasteiger partial charge in [-0.2, -0.15) is 0 Å². The highest BCUT2D eigenvalue weighted by Crippen LogP contribution is 2.26. The summed E-state index contributed by atoms with van der Waals surface area (Å²) in [4.78, 5) is 21.0. The van der Waals surface area contributed by atoms with Crippen LogP contribution in [0.4, 0.5) is 4.39 Å². The van der Waals surface area contributed by atoms with Gasteiger partial charge in [0, 0.05) is 18.1 Å². The molecule has 0 aliphatic heterocycles. The number of fused-ring (bicyclic) bond motifs is 1. The number of ketones is 1. The molecule has 0 atom stereocenters. The zero-order chi connectivity index (χ0) is 19.4. The van der Waals surface area contributed by atoms with Crippen molar-refractivity contribution in [3.63, 3.8) is 0 Å². The van der Waals surface area contributed by atoms with E-state index in [-0.39, 0.29) is 17.1 Å². The highest BCUT2D eigenvalue weighted by molar-refractivity contribution is 5.97. The van der Waals surface area contributed by atoms with Crippen LogP contribution in [-0.2, 0) is 6.42 Å². The number of aliphatic hydroxyl groups is 1. The van der Waals surface area contributed by atoms with Gasteiger partial charge in [0.1, 0.15) is 5.82 Å². The SMILES string of the molecule is C=C(O)CCCCc1nc2cc(C(C)=O)c(F)cc2nc1-c1ccccc1. The summed E-state index contributed by atoms with van der Waals surface area (Å²) in [7, 11) is 0. The van der Waals surface area contributed by atoms with E-state index >= 15 is 0 Å². The van der Waals surface area contributed by atoms with E-state index in [1.165, 1.54) is 19.1 Å². The highest BCUT2D eigenvalue weighted by Gasteiger charge is 2.15. The lowest BCUT2D eigenvalue weighted by molar-refractivity contribution is 0.101. The third-order valence-electron chi connectivity index (χ3n) is 4.38. The maximum Gasteiger partial charge on any atom is 0.162 e. The number of hydrogen-bond donors (Lipinski definition) is 1. The first kappa shape index (κ1) is 18.7. The summed E-state index contributed by atoms with van der Waals surface area (Å²) in [5.41, 5.74) is 3.35. The van der Waals surface area contributed by atoms with E-state index in [1.807, 2.05) is 30.3 Å². The molecular formula is C22H21FN2O2. The zero-order valence-corrected chi connectivity index (χ0v) is 15.2. The predicted octanol–water partition coefficient (Wildman–Crippen LogP) is 5.42. The molecule has 0 spiro atoms. The molecule has 0 radical (unpaired) electrons. The number of halogens is 1. The number of aliphatic hydroxyl groups excluding tert-OH is 1. The maximum absolute atomic E-state index is 14.2. The van der Waals surface area contributed by atoms with E-state index in [1.54, 1.807) is 0 Å². The molecule has 3 rings (SSSR count). The number of nitrogens with zero attached hydrogens (tertiary/aromatic N) is 2. The smallest absolute Gasteiger partial charge is 0.162 e. The first-order valence-electron chi connectivity index (χ1n) is 8.89. The van der Waals surface area contributed by atoms with E-state index in [4.69, 9.17) is 0 Å². The molecule has 0 saturated heterocycles. The van der Waals surface area contributed by atoms with Gasteiger partial charge < -0.3 is 5.11 Å². The van der Waals surface area contributed by atoms with Crippen molar-refractivity contribution in [2.24, 2.45) is 0 Å². The molecule has 0 aliphatic rings. The van der Waals surface area contributed by atoms with Crippen molar-refractivity contribution < 1.29 is 14.3 Å². The second-order valence-electron chi connectivity index (χ2n) is 6.54. The minimum atomic E-state index is -0.586. The molecule has 1 heterocycles. The van der Waals surface area contributed by atoms with Gasteiger partial charge in [-0.1, -0.05) is 36.9 Å². The summed E-state index contributed by atoms with van der Waals surface area (Å²) >= 11 is 0. The van der Waals surface area contributed by atoms with Gasteiger partial charge in [-0.25, -0.2) is 14.4 Å². The van der Waals surface area contributed by atoms with Gasteiger partial charge in [0.25, 0.3) is 0 Å². The van der Waals surface area contributed by atoms with E-state index in [9.17, 15) is 14.3 Å². The molecule has 1 aromatic heterocycles. The molecule has 0 amide bonds. The van der Waals surface area contributed by atoms with Crippen LogP contribution in [0.25, 0.3) is 22.3 Å². The molecule has 0 aliphatic carbocycles. The number of aryl methyl sites for hydroxylation is 1. The molecule has 27 heavy (non-hydrogen) atoms. The van der Waals surface area contributed by atoms with Crippen molar-refractivity contribution in [3.05, 3.63) is 71.9 Å². The zero-order valence-electron chi connectivity index (χ0n) is 15.2. The summed E-state index contributed by atoms with van der Waals surface area (Å²) in [6.07, 6.45) is 2.79. The van der Waals surface area contributed by atoms with E-state index in [2.05, 4.69) is 16.5 Å². The average Bonchev–Trinajstić information content (AvgIpc) is 2.64. The summed E-state index contributed by atoms with van der Waals surface area (Å²) < 4.78 is 14.2. The number of carbonyl (C=O) groups is 1. The van der Waals surface area contributed by atoms with Crippen LogP contribution in [0, 0.1) is 5.82 Å². The van der Waals surface area contributed by atoms with Gasteiger partial charge in [-0.15, -0.1) is 0 Å². The highest BCUT2D eigenvalue weighted by atomic mass is 19.1. The Balaban J connectivity index is 2.06. The van der Waals surface area contributed by atoms with Gasteiger partial charge >= 0.3 is 0 Å². The minimum absolute atomic E-state index is 0.0202. The third-order valence-corrected chi connectivity index (χ3v) is 4.38. The first-order valence-corrected chi connectivity index (χ1v) is 8.89. The summed E-state index contributed by atoms with van der Waals surface area (Å²) in [6.45, 7) is 4.83.